The molecule has 0 radical (unpaired) electrons. The van der Waals surface area contributed by atoms with Gasteiger partial charge in [-0.15, -0.1) is 0 Å². The molecule has 0 saturated heterocycles. The summed E-state index contributed by atoms with van der Waals surface area (Å²) in [4.78, 5) is 17.9. The second kappa shape index (κ2) is 5.50. The van der Waals surface area contributed by atoms with Gasteiger partial charge in [0.05, 0.1) is 13.4 Å². The van der Waals surface area contributed by atoms with Crippen LogP contribution in [0.3, 0.4) is 0 Å². The summed E-state index contributed by atoms with van der Waals surface area (Å²) >= 11 is 0. The van der Waals surface area contributed by atoms with Crippen molar-refractivity contribution >= 4 is 5.82 Å². The highest BCUT2D eigenvalue weighted by atomic mass is 16.5. The molecule has 0 bridgehead atoms. The predicted molar refractivity (Wildman–Crippen MR) is 62.8 cm³/mol. The molecule has 2 unspecified atom stereocenters. The number of ether oxygens (including phenoxy) is 1. The van der Waals surface area contributed by atoms with Gasteiger partial charge in [-0.2, -0.15) is 0 Å². The van der Waals surface area contributed by atoms with Crippen LogP contribution in [0.1, 0.15) is 20.3 Å². The van der Waals surface area contributed by atoms with E-state index in [1.54, 1.807) is 0 Å². The van der Waals surface area contributed by atoms with Crippen LogP contribution in [0.25, 0.3) is 0 Å². The summed E-state index contributed by atoms with van der Waals surface area (Å²) in [6, 6.07) is 0.221. The van der Waals surface area contributed by atoms with Crippen LogP contribution in [0.2, 0.25) is 0 Å². The standard InChI is InChI=1S/C10H18N4O2/c1-6(11)4-7(2)14-9-8(16-3)10(15)13-5-12-9/h5-7H,4,11H2,1-3H3,(H2,12,13,14,15). The molecule has 0 amide bonds. The summed E-state index contributed by atoms with van der Waals surface area (Å²) in [5.74, 6) is 0.637. The van der Waals surface area contributed by atoms with Crippen molar-refractivity contribution in [1.29, 1.82) is 0 Å². The van der Waals surface area contributed by atoms with E-state index in [4.69, 9.17) is 10.5 Å². The van der Waals surface area contributed by atoms with E-state index < -0.39 is 0 Å². The fourth-order valence-corrected chi connectivity index (χ4v) is 1.53. The Morgan fingerprint density at radius 2 is 2.31 bits per heavy atom. The highest BCUT2D eigenvalue weighted by Gasteiger charge is 2.12. The molecule has 0 aliphatic carbocycles. The third kappa shape index (κ3) is 3.23. The molecule has 1 rings (SSSR count). The van der Waals surface area contributed by atoms with Crippen molar-refractivity contribution in [2.45, 2.75) is 32.4 Å². The van der Waals surface area contributed by atoms with Crippen molar-refractivity contribution < 1.29 is 4.74 Å². The molecule has 0 saturated carbocycles. The smallest absolute Gasteiger partial charge is 0.295 e. The number of hydrogen-bond acceptors (Lipinski definition) is 5. The normalized spacial score (nSPS) is 14.2. The van der Waals surface area contributed by atoms with E-state index in [0.717, 1.165) is 6.42 Å². The second-order valence-corrected chi connectivity index (χ2v) is 3.87. The van der Waals surface area contributed by atoms with Crippen LogP contribution in [0, 0.1) is 0 Å². The van der Waals surface area contributed by atoms with Gasteiger partial charge in [0.15, 0.2) is 5.82 Å². The molecule has 4 N–H and O–H groups in total. The maximum atomic E-state index is 11.4. The number of nitrogens with zero attached hydrogens (tertiary/aromatic N) is 1. The van der Waals surface area contributed by atoms with Gasteiger partial charge < -0.3 is 20.8 Å². The van der Waals surface area contributed by atoms with E-state index >= 15 is 0 Å². The monoisotopic (exact) mass is 226 g/mol. The molecular formula is C10H18N4O2. The number of nitrogens with two attached hydrogens (primary N) is 1. The van der Waals surface area contributed by atoms with E-state index in [1.165, 1.54) is 13.4 Å². The first kappa shape index (κ1) is 12.5. The first-order valence-corrected chi connectivity index (χ1v) is 5.18. The number of rotatable bonds is 5. The van der Waals surface area contributed by atoms with Crippen molar-refractivity contribution in [1.82, 2.24) is 9.97 Å². The number of methoxy groups -OCH3 is 1. The van der Waals surface area contributed by atoms with Gasteiger partial charge in [0.1, 0.15) is 0 Å². The average Bonchev–Trinajstić information content (AvgIpc) is 2.16. The maximum absolute atomic E-state index is 11.4. The van der Waals surface area contributed by atoms with Crippen LogP contribution in [0.5, 0.6) is 5.75 Å². The third-order valence-corrected chi connectivity index (χ3v) is 2.12. The number of anilines is 1. The third-order valence-electron chi connectivity index (χ3n) is 2.12. The lowest BCUT2D eigenvalue weighted by Gasteiger charge is -2.17. The quantitative estimate of drug-likeness (QED) is 0.672. The van der Waals surface area contributed by atoms with Crippen LogP contribution in [0.15, 0.2) is 11.1 Å². The molecular weight excluding hydrogens is 208 g/mol. The van der Waals surface area contributed by atoms with Crippen molar-refractivity contribution in [2.24, 2.45) is 5.73 Å². The minimum Gasteiger partial charge on any atom is -0.489 e. The zero-order chi connectivity index (χ0) is 12.1. The predicted octanol–water partition coefficient (Wildman–Crippen LogP) is 0.316. The van der Waals surface area contributed by atoms with Crippen LogP contribution < -0.4 is 21.3 Å². The summed E-state index contributed by atoms with van der Waals surface area (Å²) in [7, 11) is 1.44. The number of hydrogen-bond donors (Lipinski definition) is 3. The van der Waals surface area contributed by atoms with E-state index in [-0.39, 0.29) is 23.4 Å². The first-order valence-electron chi connectivity index (χ1n) is 5.18. The summed E-state index contributed by atoms with van der Waals surface area (Å²) in [6.45, 7) is 3.91. The molecule has 6 heteroatoms. The van der Waals surface area contributed by atoms with Gasteiger partial charge in [-0.25, -0.2) is 4.98 Å². The largest absolute Gasteiger partial charge is 0.489 e. The molecule has 2 atom stereocenters. The molecule has 0 aliphatic rings. The van der Waals surface area contributed by atoms with E-state index in [2.05, 4.69) is 15.3 Å². The first-order chi connectivity index (χ1) is 7.54. The lowest BCUT2D eigenvalue weighted by molar-refractivity contribution is 0.407. The molecule has 0 aliphatic heterocycles. The minimum absolute atomic E-state index is 0.0930. The topological polar surface area (TPSA) is 93.0 Å². The maximum Gasteiger partial charge on any atom is 0.295 e. The van der Waals surface area contributed by atoms with Crippen molar-refractivity contribution in [2.75, 3.05) is 12.4 Å². The summed E-state index contributed by atoms with van der Waals surface area (Å²) in [6.07, 6.45) is 2.13. The minimum atomic E-state index is -0.298. The zero-order valence-corrected chi connectivity index (χ0v) is 9.78. The van der Waals surface area contributed by atoms with Crippen molar-refractivity contribution in [3.05, 3.63) is 16.7 Å². The number of H-pyrrole nitrogens is 1. The molecule has 1 aromatic heterocycles. The lowest BCUT2D eigenvalue weighted by atomic mass is 10.1. The van der Waals surface area contributed by atoms with E-state index in [0.29, 0.717) is 5.82 Å². The Labute approximate surface area is 94.2 Å². The van der Waals surface area contributed by atoms with Gasteiger partial charge in [-0.3, -0.25) is 4.79 Å². The molecule has 1 aromatic rings. The Bertz CT molecular complexity index is 389. The molecule has 90 valence electrons. The van der Waals surface area contributed by atoms with Crippen LogP contribution in [-0.4, -0.2) is 29.2 Å². The molecule has 1 heterocycles. The number of aromatic amines is 1. The summed E-state index contributed by atoms with van der Waals surface area (Å²) < 4.78 is 4.98. The molecule has 0 spiro atoms. The van der Waals surface area contributed by atoms with Crippen LogP contribution in [-0.2, 0) is 0 Å². The Hall–Kier alpha value is -1.56. The molecule has 16 heavy (non-hydrogen) atoms. The molecule has 0 aromatic carbocycles. The summed E-state index contributed by atoms with van der Waals surface area (Å²) in [5.41, 5.74) is 5.39. The van der Waals surface area contributed by atoms with Gasteiger partial charge >= 0.3 is 0 Å². The summed E-state index contributed by atoms with van der Waals surface area (Å²) in [5, 5.41) is 3.10. The fourth-order valence-electron chi connectivity index (χ4n) is 1.53. The Kier molecular flexibility index (Phi) is 4.30. The van der Waals surface area contributed by atoms with Gasteiger partial charge in [0.25, 0.3) is 5.56 Å². The molecule has 0 fully saturated rings. The van der Waals surface area contributed by atoms with Gasteiger partial charge in [0, 0.05) is 12.1 Å². The Morgan fingerprint density at radius 3 is 2.88 bits per heavy atom. The lowest BCUT2D eigenvalue weighted by Crippen LogP contribution is -2.27. The van der Waals surface area contributed by atoms with Gasteiger partial charge in [0.2, 0.25) is 5.75 Å². The van der Waals surface area contributed by atoms with Crippen molar-refractivity contribution in [3.63, 3.8) is 0 Å². The van der Waals surface area contributed by atoms with E-state index in [1.807, 2.05) is 13.8 Å². The SMILES string of the molecule is COc1c(NC(C)CC(C)N)nc[nH]c1=O. The highest BCUT2D eigenvalue weighted by Crippen LogP contribution is 2.16. The molecule has 6 nitrogen and oxygen atoms in total. The fraction of sp³-hybridized carbons (Fsp3) is 0.600. The van der Waals surface area contributed by atoms with Gasteiger partial charge in [-0.1, -0.05) is 0 Å². The van der Waals surface area contributed by atoms with Gasteiger partial charge in [-0.05, 0) is 20.3 Å². The Morgan fingerprint density at radius 1 is 1.62 bits per heavy atom. The zero-order valence-electron chi connectivity index (χ0n) is 9.78. The van der Waals surface area contributed by atoms with Crippen LogP contribution in [0.4, 0.5) is 5.82 Å². The van der Waals surface area contributed by atoms with Crippen LogP contribution >= 0.6 is 0 Å². The Balaban J connectivity index is 2.80. The number of aromatic nitrogens is 2. The second-order valence-electron chi connectivity index (χ2n) is 3.87. The highest BCUT2D eigenvalue weighted by molar-refractivity contribution is 5.48. The average molecular weight is 226 g/mol. The number of nitrogens with one attached hydrogen (secondary N) is 2. The van der Waals surface area contributed by atoms with Crippen molar-refractivity contribution in [3.8, 4) is 5.75 Å². The van der Waals surface area contributed by atoms with E-state index in [9.17, 15) is 4.79 Å².